The molecule has 1 aliphatic rings. The molecule has 0 atom stereocenters. The fourth-order valence-corrected chi connectivity index (χ4v) is 1.47. The third kappa shape index (κ3) is 2.61. The summed E-state index contributed by atoms with van der Waals surface area (Å²) in [6.07, 6.45) is 4.51. The van der Waals surface area contributed by atoms with Gasteiger partial charge in [-0.1, -0.05) is 6.08 Å². The Kier molecular flexibility index (Phi) is 3.20. The molecule has 1 saturated heterocycles. The number of furan rings is 1. The number of nitrogens with one attached hydrogen (secondary N) is 2. The molecule has 8 heteroatoms. The van der Waals surface area contributed by atoms with Gasteiger partial charge in [-0.05, 0) is 30.4 Å². The van der Waals surface area contributed by atoms with Crippen LogP contribution in [0.25, 0.3) is 6.08 Å². The molecule has 0 spiro atoms. The van der Waals surface area contributed by atoms with Crippen LogP contribution in [0, 0.1) is 10.1 Å². The summed E-state index contributed by atoms with van der Waals surface area (Å²) in [6.45, 7) is 0. The number of nitro groups is 1. The Morgan fingerprint density at radius 3 is 2.72 bits per heavy atom. The Morgan fingerprint density at radius 2 is 2.17 bits per heavy atom. The number of hydrogen-bond acceptors (Lipinski definition) is 5. The van der Waals surface area contributed by atoms with Gasteiger partial charge >= 0.3 is 5.88 Å². The molecule has 7 nitrogen and oxygen atoms in total. The number of carbonyl (C=O) groups excluding carboxylic acids is 1. The lowest BCUT2D eigenvalue weighted by Gasteiger charge is -1.89. The first kappa shape index (κ1) is 12.0. The van der Waals surface area contributed by atoms with E-state index in [0.717, 1.165) is 0 Å². The smallest absolute Gasteiger partial charge is 0.401 e. The first-order valence-corrected chi connectivity index (χ1v) is 5.22. The van der Waals surface area contributed by atoms with E-state index in [1.165, 1.54) is 30.4 Å². The standard InChI is InChI=1S/C10H7N3O4S/c14-9-7(11-10(18)12-9)3-1-2-6-4-5-8(17-6)13(15)16/h1-5H,(H2,11,12,14,18)/b2-1+,7-3+. The molecule has 92 valence electrons. The van der Waals surface area contributed by atoms with Gasteiger partial charge in [0.2, 0.25) is 0 Å². The van der Waals surface area contributed by atoms with Crippen molar-refractivity contribution in [2.75, 3.05) is 0 Å². The average Bonchev–Trinajstić information content (AvgIpc) is 2.87. The Balaban J connectivity index is 2.07. The van der Waals surface area contributed by atoms with Crippen LogP contribution in [0.1, 0.15) is 5.76 Å². The predicted octanol–water partition coefficient (Wildman–Crippen LogP) is 1.09. The van der Waals surface area contributed by atoms with Crippen molar-refractivity contribution in [3.05, 3.63) is 45.9 Å². The van der Waals surface area contributed by atoms with Gasteiger partial charge < -0.3 is 9.73 Å². The van der Waals surface area contributed by atoms with Crippen molar-refractivity contribution in [3.63, 3.8) is 0 Å². The van der Waals surface area contributed by atoms with Crippen LogP contribution >= 0.6 is 12.2 Å². The van der Waals surface area contributed by atoms with Crippen molar-refractivity contribution in [2.24, 2.45) is 0 Å². The Hall–Kier alpha value is -2.48. The van der Waals surface area contributed by atoms with Crippen LogP contribution in [0.15, 0.2) is 34.4 Å². The van der Waals surface area contributed by atoms with Crippen LogP contribution in [-0.4, -0.2) is 15.9 Å². The van der Waals surface area contributed by atoms with Crippen molar-refractivity contribution in [1.82, 2.24) is 10.6 Å². The average molecular weight is 265 g/mol. The maximum Gasteiger partial charge on any atom is 0.433 e. The van der Waals surface area contributed by atoms with Crippen molar-refractivity contribution in [2.45, 2.75) is 0 Å². The SMILES string of the molecule is O=C1NC(=S)N/C1=C/C=C/c1ccc([N+](=O)[O-])o1. The van der Waals surface area contributed by atoms with E-state index in [-0.39, 0.29) is 16.9 Å². The van der Waals surface area contributed by atoms with Gasteiger partial charge in [0.15, 0.2) is 5.11 Å². The number of hydrogen-bond donors (Lipinski definition) is 2. The summed E-state index contributed by atoms with van der Waals surface area (Å²) in [5.74, 6) is -0.338. The van der Waals surface area contributed by atoms with E-state index in [9.17, 15) is 14.9 Å². The second-order valence-corrected chi connectivity index (χ2v) is 3.69. The Morgan fingerprint density at radius 1 is 1.39 bits per heavy atom. The molecule has 2 rings (SSSR count). The lowest BCUT2D eigenvalue weighted by atomic mass is 10.3. The maximum absolute atomic E-state index is 11.2. The summed E-state index contributed by atoms with van der Waals surface area (Å²) >= 11 is 4.75. The van der Waals surface area contributed by atoms with Crippen LogP contribution in [0.5, 0.6) is 0 Å². The lowest BCUT2D eigenvalue weighted by Crippen LogP contribution is -2.21. The zero-order chi connectivity index (χ0) is 13.1. The first-order valence-electron chi connectivity index (χ1n) is 4.81. The fraction of sp³-hybridized carbons (Fsp3) is 0. The topological polar surface area (TPSA) is 97.4 Å². The fourth-order valence-electron chi connectivity index (χ4n) is 1.27. The van der Waals surface area contributed by atoms with Crippen molar-refractivity contribution >= 4 is 35.2 Å². The summed E-state index contributed by atoms with van der Waals surface area (Å²) in [5, 5.41) is 15.7. The monoisotopic (exact) mass is 265 g/mol. The number of thiocarbonyl (C=S) groups is 1. The van der Waals surface area contributed by atoms with Gasteiger partial charge in [0, 0.05) is 0 Å². The van der Waals surface area contributed by atoms with E-state index < -0.39 is 4.92 Å². The van der Waals surface area contributed by atoms with E-state index in [1.54, 1.807) is 0 Å². The molecule has 0 bridgehead atoms. The third-order valence-corrected chi connectivity index (χ3v) is 2.24. The largest absolute Gasteiger partial charge is 0.433 e. The lowest BCUT2D eigenvalue weighted by molar-refractivity contribution is -0.402. The van der Waals surface area contributed by atoms with Crippen molar-refractivity contribution in [3.8, 4) is 0 Å². The maximum atomic E-state index is 11.2. The summed E-state index contributed by atoms with van der Waals surface area (Å²) in [5.41, 5.74) is 0.303. The molecular formula is C10H7N3O4S. The number of amides is 1. The molecule has 0 saturated carbocycles. The van der Waals surface area contributed by atoms with Crippen LogP contribution in [0.2, 0.25) is 0 Å². The van der Waals surface area contributed by atoms with Gasteiger partial charge in [0.1, 0.15) is 16.4 Å². The first-order chi connectivity index (χ1) is 8.56. The Labute approximate surface area is 106 Å². The molecule has 18 heavy (non-hydrogen) atoms. The molecule has 2 N–H and O–H groups in total. The van der Waals surface area contributed by atoms with Crippen molar-refractivity contribution < 1.29 is 14.1 Å². The zero-order valence-corrected chi connectivity index (χ0v) is 9.69. The summed E-state index contributed by atoms with van der Waals surface area (Å²) in [6, 6.07) is 2.71. The molecule has 0 radical (unpaired) electrons. The quantitative estimate of drug-likeness (QED) is 0.367. The third-order valence-electron chi connectivity index (χ3n) is 2.04. The van der Waals surface area contributed by atoms with Gasteiger partial charge in [-0.2, -0.15) is 0 Å². The second-order valence-electron chi connectivity index (χ2n) is 3.28. The van der Waals surface area contributed by atoms with E-state index in [2.05, 4.69) is 10.6 Å². The van der Waals surface area contributed by atoms with E-state index in [0.29, 0.717) is 11.5 Å². The summed E-state index contributed by atoms with van der Waals surface area (Å²) in [4.78, 5) is 21.0. The molecule has 1 aromatic heterocycles. The van der Waals surface area contributed by atoms with Crippen LogP contribution in [0.4, 0.5) is 5.88 Å². The minimum atomic E-state index is -0.625. The highest BCUT2D eigenvalue weighted by molar-refractivity contribution is 7.80. The normalized spacial score (nSPS) is 17.2. The van der Waals surface area contributed by atoms with Gasteiger partial charge in [0.25, 0.3) is 5.91 Å². The number of carbonyl (C=O) groups is 1. The van der Waals surface area contributed by atoms with Gasteiger partial charge in [-0.25, -0.2) is 0 Å². The minimum absolute atomic E-state index is 0.244. The molecule has 1 aromatic rings. The van der Waals surface area contributed by atoms with Gasteiger partial charge in [0.05, 0.1) is 6.07 Å². The van der Waals surface area contributed by atoms with Crippen LogP contribution in [0.3, 0.4) is 0 Å². The number of nitrogens with zero attached hydrogens (tertiary/aromatic N) is 1. The highest BCUT2D eigenvalue weighted by Crippen LogP contribution is 2.16. The van der Waals surface area contributed by atoms with Crippen molar-refractivity contribution in [1.29, 1.82) is 0 Å². The molecule has 0 aliphatic carbocycles. The summed E-state index contributed by atoms with van der Waals surface area (Å²) < 4.78 is 4.90. The molecule has 0 aromatic carbocycles. The Bertz CT molecular complexity index is 588. The van der Waals surface area contributed by atoms with Crippen LogP contribution in [-0.2, 0) is 4.79 Å². The highest BCUT2D eigenvalue weighted by Gasteiger charge is 2.18. The predicted molar refractivity (Wildman–Crippen MR) is 66.4 cm³/mol. The molecule has 1 aliphatic heterocycles. The summed E-state index contributed by atoms with van der Waals surface area (Å²) in [7, 11) is 0. The van der Waals surface area contributed by atoms with Gasteiger partial charge in [-0.15, -0.1) is 0 Å². The minimum Gasteiger partial charge on any atom is -0.401 e. The second kappa shape index (κ2) is 4.80. The van der Waals surface area contributed by atoms with E-state index in [1.807, 2.05) is 0 Å². The molecule has 1 fully saturated rings. The molecule has 0 unspecified atom stereocenters. The van der Waals surface area contributed by atoms with Gasteiger partial charge in [-0.3, -0.25) is 20.2 Å². The molecule has 1 amide bonds. The van der Waals surface area contributed by atoms with Crippen LogP contribution < -0.4 is 10.6 Å². The van der Waals surface area contributed by atoms with E-state index >= 15 is 0 Å². The number of rotatable bonds is 3. The zero-order valence-electron chi connectivity index (χ0n) is 8.88. The number of allylic oxidation sites excluding steroid dienone is 2. The molecular weight excluding hydrogens is 258 g/mol. The molecule has 2 heterocycles. The highest BCUT2D eigenvalue weighted by atomic mass is 32.1. The van der Waals surface area contributed by atoms with E-state index in [4.69, 9.17) is 16.6 Å².